The Labute approximate surface area is 107 Å². The van der Waals surface area contributed by atoms with Crippen LogP contribution in [-0.2, 0) is 0 Å². The first-order valence-corrected chi connectivity index (χ1v) is 5.70. The summed E-state index contributed by atoms with van der Waals surface area (Å²) in [6, 6.07) is 11.3. The Balaban J connectivity index is 2.19. The molecule has 0 atom stereocenters. The van der Waals surface area contributed by atoms with E-state index in [9.17, 15) is 4.39 Å². The van der Waals surface area contributed by atoms with Crippen LogP contribution in [0.4, 0.5) is 4.39 Å². The van der Waals surface area contributed by atoms with E-state index in [1.54, 1.807) is 18.2 Å². The summed E-state index contributed by atoms with van der Waals surface area (Å²) in [5.41, 5.74) is 1.13. The highest BCUT2D eigenvalue weighted by molar-refractivity contribution is 6.34. The smallest absolute Gasteiger partial charge is 0.165 e. The molecule has 18 heavy (non-hydrogen) atoms. The maximum atomic E-state index is 13.3. The molecule has 0 aliphatic rings. The number of para-hydroxylation sites is 1. The van der Waals surface area contributed by atoms with Gasteiger partial charge in [-0.15, -0.1) is 0 Å². The fraction of sp³-hybridized carbons (Fsp3) is 0. The van der Waals surface area contributed by atoms with Gasteiger partial charge in [-0.2, -0.15) is 0 Å². The van der Waals surface area contributed by atoms with E-state index < -0.39 is 5.82 Å². The zero-order valence-electron chi connectivity index (χ0n) is 9.15. The van der Waals surface area contributed by atoms with Gasteiger partial charge in [0.25, 0.3) is 0 Å². The number of furan rings is 1. The monoisotopic (exact) mass is 262 g/mol. The molecule has 4 heteroatoms. The van der Waals surface area contributed by atoms with Gasteiger partial charge in [0.15, 0.2) is 17.1 Å². The maximum absolute atomic E-state index is 13.3. The first-order valence-electron chi connectivity index (χ1n) is 5.32. The Bertz CT molecular complexity index is 734. The van der Waals surface area contributed by atoms with Gasteiger partial charge < -0.3 is 9.52 Å². The van der Waals surface area contributed by atoms with Gasteiger partial charge in [-0.05, 0) is 30.3 Å². The van der Waals surface area contributed by atoms with Crippen LogP contribution in [0.15, 0.2) is 46.9 Å². The number of fused-ring (bicyclic) bond motifs is 1. The lowest BCUT2D eigenvalue weighted by molar-refractivity contribution is 0.432. The van der Waals surface area contributed by atoms with Crippen molar-refractivity contribution in [3.63, 3.8) is 0 Å². The van der Waals surface area contributed by atoms with Gasteiger partial charge in [0.1, 0.15) is 5.76 Å². The molecule has 2 nitrogen and oxygen atoms in total. The minimum Gasteiger partial charge on any atom is -0.505 e. The van der Waals surface area contributed by atoms with Crippen LogP contribution in [0, 0.1) is 5.82 Å². The number of benzene rings is 2. The number of hydrogen-bond acceptors (Lipinski definition) is 2. The molecular weight excluding hydrogens is 255 g/mol. The van der Waals surface area contributed by atoms with E-state index in [-0.39, 0.29) is 5.75 Å². The Morgan fingerprint density at radius 1 is 1.11 bits per heavy atom. The van der Waals surface area contributed by atoms with Gasteiger partial charge in [-0.1, -0.05) is 23.7 Å². The van der Waals surface area contributed by atoms with Gasteiger partial charge >= 0.3 is 0 Å². The van der Waals surface area contributed by atoms with Crippen LogP contribution in [0.5, 0.6) is 5.75 Å². The summed E-state index contributed by atoms with van der Waals surface area (Å²) >= 11 is 6.01. The lowest BCUT2D eigenvalue weighted by Gasteiger charge is -1.98. The Morgan fingerprint density at radius 3 is 2.67 bits per heavy atom. The number of phenolic OH excluding ortho intramolecular Hbond substituents is 1. The fourth-order valence-electron chi connectivity index (χ4n) is 1.83. The van der Waals surface area contributed by atoms with Gasteiger partial charge in [-0.25, -0.2) is 4.39 Å². The summed E-state index contributed by atoms with van der Waals surface area (Å²) in [4.78, 5) is 0. The Hall–Kier alpha value is -2.00. The third kappa shape index (κ3) is 1.73. The zero-order chi connectivity index (χ0) is 12.7. The second-order valence-corrected chi connectivity index (χ2v) is 4.34. The molecule has 2 aromatic carbocycles. The minimum absolute atomic E-state index is 0.382. The SMILES string of the molecule is Oc1ccc(-c2cc3cccc(Cl)c3o2)cc1F. The molecule has 0 aliphatic heterocycles. The summed E-state index contributed by atoms with van der Waals surface area (Å²) < 4.78 is 18.9. The van der Waals surface area contributed by atoms with Gasteiger partial charge in [0.05, 0.1) is 5.02 Å². The molecule has 0 spiro atoms. The van der Waals surface area contributed by atoms with Crippen molar-refractivity contribution in [2.24, 2.45) is 0 Å². The van der Waals surface area contributed by atoms with E-state index in [2.05, 4.69) is 0 Å². The first-order chi connectivity index (χ1) is 8.65. The largest absolute Gasteiger partial charge is 0.505 e. The molecule has 1 aromatic heterocycles. The number of hydrogen-bond donors (Lipinski definition) is 1. The Kier molecular flexibility index (Phi) is 2.49. The van der Waals surface area contributed by atoms with E-state index in [4.69, 9.17) is 21.1 Å². The summed E-state index contributed by atoms with van der Waals surface area (Å²) in [6.45, 7) is 0. The molecule has 0 amide bonds. The van der Waals surface area contributed by atoms with Crippen molar-refractivity contribution in [1.29, 1.82) is 0 Å². The number of rotatable bonds is 1. The molecule has 1 N–H and O–H groups in total. The third-order valence-corrected chi connectivity index (χ3v) is 3.03. The molecule has 0 saturated heterocycles. The van der Waals surface area contributed by atoms with E-state index in [0.29, 0.717) is 21.9 Å². The highest BCUT2D eigenvalue weighted by atomic mass is 35.5. The predicted molar refractivity (Wildman–Crippen MR) is 68.3 cm³/mol. The fourth-order valence-corrected chi connectivity index (χ4v) is 2.05. The van der Waals surface area contributed by atoms with Gasteiger partial charge in [-0.3, -0.25) is 0 Å². The van der Waals surface area contributed by atoms with Crippen molar-refractivity contribution in [3.8, 4) is 17.1 Å². The molecule has 0 saturated carbocycles. The maximum Gasteiger partial charge on any atom is 0.165 e. The topological polar surface area (TPSA) is 33.4 Å². The van der Waals surface area contributed by atoms with Gasteiger partial charge in [0.2, 0.25) is 0 Å². The van der Waals surface area contributed by atoms with E-state index in [1.807, 2.05) is 12.1 Å². The van der Waals surface area contributed by atoms with Crippen molar-refractivity contribution in [2.75, 3.05) is 0 Å². The van der Waals surface area contributed by atoms with Crippen LogP contribution in [0.3, 0.4) is 0 Å². The summed E-state index contributed by atoms with van der Waals surface area (Å²) in [5.74, 6) is -0.552. The number of halogens is 2. The van der Waals surface area contributed by atoms with Crippen molar-refractivity contribution in [1.82, 2.24) is 0 Å². The van der Waals surface area contributed by atoms with Gasteiger partial charge in [0, 0.05) is 10.9 Å². The molecule has 0 aliphatic carbocycles. The molecule has 0 fully saturated rings. The Morgan fingerprint density at radius 2 is 1.94 bits per heavy atom. The molecule has 3 aromatic rings. The van der Waals surface area contributed by atoms with Crippen LogP contribution in [0.25, 0.3) is 22.3 Å². The first kappa shape index (κ1) is 11.1. The summed E-state index contributed by atoms with van der Waals surface area (Å²) in [5, 5.41) is 10.5. The average Bonchev–Trinajstić information content (AvgIpc) is 2.78. The quantitative estimate of drug-likeness (QED) is 0.695. The molecule has 0 bridgehead atoms. The number of phenols is 1. The molecule has 0 unspecified atom stereocenters. The molecule has 90 valence electrons. The third-order valence-electron chi connectivity index (χ3n) is 2.73. The van der Waals surface area contributed by atoms with Crippen molar-refractivity contribution in [2.45, 2.75) is 0 Å². The summed E-state index contributed by atoms with van der Waals surface area (Å²) in [6.07, 6.45) is 0. The van der Waals surface area contributed by atoms with Crippen molar-refractivity contribution in [3.05, 3.63) is 53.3 Å². The average molecular weight is 263 g/mol. The standard InChI is InChI=1S/C14H8ClFO2/c15-10-3-1-2-9-7-13(18-14(9)10)8-4-5-12(17)11(16)6-8/h1-7,17H. The van der Waals surface area contributed by atoms with E-state index in [1.165, 1.54) is 12.1 Å². The second kappa shape index (κ2) is 4.03. The summed E-state index contributed by atoms with van der Waals surface area (Å²) in [7, 11) is 0. The second-order valence-electron chi connectivity index (χ2n) is 3.94. The minimum atomic E-state index is -0.681. The lowest BCUT2D eigenvalue weighted by Crippen LogP contribution is -1.78. The molecular formula is C14H8ClFO2. The van der Waals surface area contributed by atoms with Crippen LogP contribution in [-0.4, -0.2) is 5.11 Å². The normalized spacial score (nSPS) is 11.0. The highest BCUT2D eigenvalue weighted by Crippen LogP contribution is 2.33. The zero-order valence-corrected chi connectivity index (χ0v) is 9.91. The van der Waals surface area contributed by atoms with E-state index in [0.717, 1.165) is 5.39 Å². The van der Waals surface area contributed by atoms with Crippen LogP contribution in [0.1, 0.15) is 0 Å². The lowest BCUT2D eigenvalue weighted by atomic mass is 10.1. The number of aromatic hydroxyl groups is 1. The molecule has 0 radical (unpaired) electrons. The van der Waals surface area contributed by atoms with Crippen LogP contribution >= 0.6 is 11.6 Å². The van der Waals surface area contributed by atoms with Crippen molar-refractivity contribution < 1.29 is 13.9 Å². The predicted octanol–water partition coefficient (Wildman–Crippen LogP) is 4.60. The molecule has 3 rings (SSSR count). The van der Waals surface area contributed by atoms with E-state index >= 15 is 0 Å². The highest BCUT2D eigenvalue weighted by Gasteiger charge is 2.10. The van der Waals surface area contributed by atoms with Crippen LogP contribution < -0.4 is 0 Å². The molecule has 1 heterocycles. The van der Waals surface area contributed by atoms with Crippen molar-refractivity contribution >= 4 is 22.6 Å². The van der Waals surface area contributed by atoms with Crippen LogP contribution in [0.2, 0.25) is 5.02 Å².